The third-order valence-electron chi connectivity index (χ3n) is 3.93. The zero-order valence-corrected chi connectivity index (χ0v) is 14.6. The molecular weight excluding hydrogens is 358 g/mol. The van der Waals surface area contributed by atoms with Crippen molar-refractivity contribution in [1.29, 1.82) is 0 Å². The molecule has 0 saturated heterocycles. The van der Waals surface area contributed by atoms with Crippen LogP contribution in [0.25, 0.3) is 0 Å². The van der Waals surface area contributed by atoms with Gasteiger partial charge in [-0.05, 0) is 54.8 Å². The van der Waals surface area contributed by atoms with Crippen molar-refractivity contribution < 1.29 is 14.3 Å². The number of hydrogen-bond donors (Lipinski definition) is 1. The highest BCUT2D eigenvalue weighted by Crippen LogP contribution is 2.37. The summed E-state index contributed by atoms with van der Waals surface area (Å²) in [6.45, 7) is 2.52. The molecule has 0 aromatic heterocycles. The molecular formula is C18H18BrNO3. The molecule has 1 amide bonds. The van der Waals surface area contributed by atoms with Crippen molar-refractivity contribution in [1.82, 2.24) is 0 Å². The normalized spacial score (nSPS) is 16.0. The van der Waals surface area contributed by atoms with E-state index < -0.39 is 0 Å². The van der Waals surface area contributed by atoms with Gasteiger partial charge in [0.15, 0.2) is 11.5 Å². The first kappa shape index (κ1) is 15.9. The number of benzene rings is 2. The molecule has 0 spiro atoms. The van der Waals surface area contributed by atoms with Crippen LogP contribution in [0, 0.1) is 0 Å². The number of amides is 1. The zero-order valence-electron chi connectivity index (χ0n) is 13.1. The van der Waals surface area contributed by atoms with E-state index in [9.17, 15) is 4.79 Å². The fraction of sp³-hybridized carbons (Fsp3) is 0.278. The lowest BCUT2D eigenvalue weighted by Crippen LogP contribution is -2.14. The van der Waals surface area contributed by atoms with Crippen molar-refractivity contribution in [2.24, 2.45) is 0 Å². The number of nitrogens with one attached hydrogen (secondary N) is 1. The molecule has 2 aromatic carbocycles. The number of halogens is 1. The fourth-order valence-electron chi connectivity index (χ4n) is 2.85. The zero-order chi connectivity index (χ0) is 16.4. The second-order valence-electron chi connectivity index (χ2n) is 5.40. The van der Waals surface area contributed by atoms with Gasteiger partial charge in [-0.15, -0.1) is 0 Å². The Hall–Kier alpha value is -2.01. The summed E-state index contributed by atoms with van der Waals surface area (Å²) in [7, 11) is 1.62. The van der Waals surface area contributed by atoms with Gasteiger partial charge in [-0.25, -0.2) is 0 Å². The molecule has 120 valence electrons. The van der Waals surface area contributed by atoms with Crippen LogP contribution in [0.15, 0.2) is 40.9 Å². The van der Waals surface area contributed by atoms with Crippen LogP contribution in [0.1, 0.15) is 24.0 Å². The summed E-state index contributed by atoms with van der Waals surface area (Å²) in [4.78, 5) is 12.3. The fourth-order valence-corrected chi connectivity index (χ4v) is 3.23. The Balaban J connectivity index is 1.88. The molecule has 23 heavy (non-hydrogen) atoms. The predicted molar refractivity (Wildman–Crippen MR) is 93.4 cm³/mol. The Kier molecular flexibility index (Phi) is 4.57. The third-order valence-corrected chi connectivity index (χ3v) is 4.42. The molecule has 0 aliphatic carbocycles. The molecule has 5 heteroatoms. The number of fused-ring (bicyclic) bond motifs is 1. The Morgan fingerprint density at radius 3 is 2.74 bits per heavy atom. The molecule has 0 radical (unpaired) electrons. The van der Waals surface area contributed by atoms with Crippen LogP contribution in [0.3, 0.4) is 0 Å². The lowest BCUT2D eigenvalue weighted by molar-refractivity contribution is -0.117. The molecule has 0 unspecified atom stereocenters. The number of anilines is 1. The predicted octanol–water partition coefficient (Wildman–Crippen LogP) is 4.13. The van der Waals surface area contributed by atoms with Crippen molar-refractivity contribution in [2.45, 2.75) is 19.3 Å². The van der Waals surface area contributed by atoms with Crippen LogP contribution in [-0.2, 0) is 11.2 Å². The molecule has 1 heterocycles. The summed E-state index contributed by atoms with van der Waals surface area (Å²) >= 11 is 3.47. The number of rotatable bonds is 5. The molecule has 1 aliphatic heterocycles. The number of carbonyl (C=O) groups is 1. The van der Waals surface area contributed by atoms with Crippen LogP contribution >= 0.6 is 15.9 Å². The molecule has 0 fully saturated rings. The van der Waals surface area contributed by atoms with Gasteiger partial charge in [0, 0.05) is 10.2 Å². The lowest BCUT2D eigenvalue weighted by atomic mass is 9.93. The standard InChI is InChI=1S/C18H18BrNO3/c1-3-23-16-7-4-11(9-17(16)22-2)8-14-13-10-12(19)5-6-15(13)20-18(14)21/h4-7,9-10,14H,3,8H2,1-2H3,(H,20,21)/t14-/m1/s1. The minimum atomic E-state index is -0.190. The highest BCUT2D eigenvalue weighted by atomic mass is 79.9. The van der Waals surface area contributed by atoms with E-state index in [0.717, 1.165) is 27.0 Å². The van der Waals surface area contributed by atoms with Gasteiger partial charge in [-0.3, -0.25) is 4.79 Å². The summed E-state index contributed by atoms with van der Waals surface area (Å²) < 4.78 is 11.9. The van der Waals surface area contributed by atoms with Gasteiger partial charge in [0.05, 0.1) is 19.6 Å². The molecule has 4 nitrogen and oxygen atoms in total. The first-order valence-electron chi connectivity index (χ1n) is 7.52. The van der Waals surface area contributed by atoms with E-state index in [4.69, 9.17) is 9.47 Å². The van der Waals surface area contributed by atoms with Crippen molar-refractivity contribution in [3.05, 3.63) is 52.0 Å². The van der Waals surface area contributed by atoms with E-state index in [1.54, 1.807) is 7.11 Å². The minimum absolute atomic E-state index is 0.0333. The Bertz CT molecular complexity index is 745. The second kappa shape index (κ2) is 6.62. The Labute approximate surface area is 143 Å². The number of methoxy groups -OCH3 is 1. The van der Waals surface area contributed by atoms with Gasteiger partial charge < -0.3 is 14.8 Å². The van der Waals surface area contributed by atoms with Gasteiger partial charge in [0.1, 0.15) is 0 Å². The molecule has 1 atom stereocenters. The van der Waals surface area contributed by atoms with Gasteiger partial charge in [0.2, 0.25) is 5.91 Å². The topological polar surface area (TPSA) is 47.6 Å². The maximum Gasteiger partial charge on any atom is 0.232 e. The van der Waals surface area contributed by atoms with E-state index in [2.05, 4.69) is 21.2 Å². The van der Waals surface area contributed by atoms with E-state index in [0.29, 0.717) is 18.8 Å². The number of carbonyl (C=O) groups excluding carboxylic acids is 1. The summed E-state index contributed by atoms with van der Waals surface area (Å²) in [5.74, 6) is 1.26. The maximum atomic E-state index is 12.3. The third kappa shape index (κ3) is 3.20. The molecule has 1 N–H and O–H groups in total. The average Bonchev–Trinajstić information content (AvgIpc) is 2.84. The van der Waals surface area contributed by atoms with Crippen LogP contribution in [0.2, 0.25) is 0 Å². The summed E-state index contributed by atoms with van der Waals surface area (Å²) in [5, 5.41) is 2.94. The van der Waals surface area contributed by atoms with Gasteiger partial charge in [0.25, 0.3) is 0 Å². The van der Waals surface area contributed by atoms with Crippen molar-refractivity contribution in [3.63, 3.8) is 0 Å². The van der Waals surface area contributed by atoms with Crippen molar-refractivity contribution >= 4 is 27.5 Å². The SMILES string of the molecule is CCOc1ccc(C[C@H]2C(=O)Nc3ccc(Br)cc32)cc1OC. The summed E-state index contributed by atoms with van der Waals surface area (Å²) in [5.41, 5.74) is 2.96. The van der Waals surface area contributed by atoms with Crippen molar-refractivity contribution in [3.8, 4) is 11.5 Å². The molecule has 1 aliphatic rings. The highest BCUT2D eigenvalue weighted by molar-refractivity contribution is 9.10. The maximum absolute atomic E-state index is 12.3. The molecule has 2 aromatic rings. The first-order chi connectivity index (χ1) is 11.1. The summed E-state index contributed by atoms with van der Waals surface area (Å²) in [6, 6.07) is 11.7. The smallest absolute Gasteiger partial charge is 0.232 e. The van der Waals surface area contributed by atoms with E-state index in [1.165, 1.54) is 0 Å². The Morgan fingerprint density at radius 1 is 1.17 bits per heavy atom. The molecule has 0 saturated carbocycles. The average molecular weight is 376 g/mol. The highest BCUT2D eigenvalue weighted by Gasteiger charge is 2.30. The molecule has 0 bridgehead atoms. The first-order valence-corrected chi connectivity index (χ1v) is 8.31. The van der Waals surface area contributed by atoms with Crippen molar-refractivity contribution in [2.75, 3.05) is 19.0 Å². The minimum Gasteiger partial charge on any atom is -0.493 e. The van der Waals surface area contributed by atoms with Gasteiger partial charge in [-0.2, -0.15) is 0 Å². The lowest BCUT2D eigenvalue weighted by Gasteiger charge is -2.13. The number of ether oxygens (including phenoxy) is 2. The molecule has 3 rings (SSSR count). The van der Waals surface area contributed by atoms with Crippen LogP contribution in [-0.4, -0.2) is 19.6 Å². The van der Waals surface area contributed by atoms with Crippen LogP contribution in [0.5, 0.6) is 11.5 Å². The van der Waals surface area contributed by atoms with Crippen LogP contribution < -0.4 is 14.8 Å². The van der Waals surface area contributed by atoms with E-state index in [1.807, 2.05) is 43.3 Å². The summed E-state index contributed by atoms with van der Waals surface area (Å²) in [6.07, 6.45) is 0.623. The number of hydrogen-bond acceptors (Lipinski definition) is 3. The van der Waals surface area contributed by atoms with E-state index >= 15 is 0 Å². The van der Waals surface area contributed by atoms with E-state index in [-0.39, 0.29) is 11.8 Å². The largest absolute Gasteiger partial charge is 0.493 e. The Morgan fingerprint density at radius 2 is 2.00 bits per heavy atom. The monoisotopic (exact) mass is 375 g/mol. The second-order valence-corrected chi connectivity index (χ2v) is 6.31. The van der Waals surface area contributed by atoms with Crippen LogP contribution in [0.4, 0.5) is 5.69 Å². The van der Waals surface area contributed by atoms with Gasteiger partial charge in [-0.1, -0.05) is 22.0 Å². The van der Waals surface area contributed by atoms with Gasteiger partial charge >= 0.3 is 0 Å². The quantitative estimate of drug-likeness (QED) is 0.854.